The summed E-state index contributed by atoms with van der Waals surface area (Å²) >= 11 is 4.49. The molecule has 1 rings (SSSR count). The molecule has 0 fully saturated rings. The van der Waals surface area contributed by atoms with Gasteiger partial charge in [0.1, 0.15) is 10.7 Å². The Bertz CT molecular complexity index is 571. The van der Waals surface area contributed by atoms with Crippen LogP contribution in [-0.2, 0) is 24.4 Å². The van der Waals surface area contributed by atoms with Crippen molar-refractivity contribution in [1.82, 2.24) is 0 Å². The number of rotatable bonds is 4. The van der Waals surface area contributed by atoms with E-state index in [4.69, 9.17) is 9.05 Å². The molecule has 0 amide bonds. The molecule has 6 heteroatoms. The minimum Gasteiger partial charge on any atom is -0.507 e. The van der Waals surface area contributed by atoms with Gasteiger partial charge in [-0.25, -0.2) is 0 Å². The number of hydrogen-bond donors (Lipinski definition) is 2. The van der Waals surface area contributed by atoms with Gasteiger partial charge in [0.2, 0.25) is 0 Å². The van der Waals surface area contributed by atoms with Gasteiger partial charge >= 0.3 is 7.60 Å². The minimum atomic E-state index is -3.37. The molecular weight excluding hydrogens is 331 g/mol. The molecule has 1 aromatic carbocycles. The summed E-state index contributed by atoms with van der Waals surface area (Å²) in [6.07, 6.45) is 0. The van der Waals surface area contributed by atoms with Crippen LogP contribution >= 0.6 is 20.2 Å². The molecule has 4 nitrogen and oxygen atoms in total. The third-order valence-corrected chi connectivity index (χ3v) is 6.92. The highest BCUT2D eigenvalue weighted by Gasteiger charge is 2.35. The fourth-order valence-corrected chi connectivity index (χ4v) is 4.18. The first-order valence-corrected chi connectivity index (χ1v) is 9.68. The van der Waals surface area contributed by atoms with E-state index in [9.17, 15) is 9.67 Å². The van der Waals surface area contributed by atoms with Crippen LogP contribution in [0.2, 0.25) is 0 Å². The first kappa shape index (κ1) is 20.6. The maximum absolute atomic E-state index is 12.7. The Labute approximate surface area is 145 Å². The molecule has 0 aliphatic rings. The van der Waals surface area contributed by atoms with E-state index in [2.05, 4.69) is 12.6 Å². The van der Waals surface area contributed by atoms with Crippen molar-refractivity contribution in [1.29, 1.82) is 0 Å². The largest absolute Gasteiger partial charge is 0.507 e. The molecule has 0 saturated heterocycles. The predicted octanol–water partition coefficient (Wildman–Crippen LogP) is 5.40. The molecule has 132 valence electrons. The highest BCUT2D eigenvalue weighted by molar-refractivity contribution is 7.89. The molecule has 0 saturated carbocycles. The SMILES string of the molecule is COP(=O)(OC)C(S)c1cc(C(C)(C)C)c(O)c(C(C)(C)C)c1. The van der Waals surface area contributed by atoms with Gasteiger partial charge < -0.3 is 14.2 Å². The Morgan fingerprint density at radius 3 is 1.61 bits per heavy atom. The molecule has 1 atom stereocenters. The summed E-state index contributed by atoms with van der Waals surface area (Å²) in [5.41, 5.74) is 1.76. The Hall–Kier alpha value is -0.480. The number of thiol groups is 1. The maximum Gasteiger partial charge on any atom is 0.347 e. The highest BCUT2D eigenvalue weighted by Crippen LogP contribution is 2.62. The van der Waals surface area contributed by atoms with Gasteiger partial charge in [-0.3, -0.25) is 4.57 Å². The second-order valence-corrected chi connectivity index (χ2v) is 11.0. The average Bonchev–Trinajstić information content (AvgIpc) is 2.43. The summed E-state index contributed by atoms with van der Waals surface area (Å²) in [5.74, 6) is 0.277. The van der Waals surface area contributed by atoms with Gasteiger partial charge in [-0.05, 0) is 39.7 Å². The van der Waals surface area contributed by atoms with Crippen molar-refractivity contribution in [3.05, 3.63) is 28.8 Å². The van der Waals surface area contributed by atoms with E-state index in [1.165, 1.54) is 14.2 Å². The van der Waals surface area contributed by atoms with Crippen molar-refractivity contribution < 1.29 is 18.7 Å². The van der Waals surface area contributed by atoms with Crippen LogP contribution in [-0.4, -0.2) is 19.3 Å². The van der Waals surface area contributed by atoms with E-state index in [1.54, 1.807) is 0 Å². The van der Waals surface area contributed by atoms with Crippen LogP contribution in [0.5, 0.6) is 5.75 Å². The number of aromatic hydroxyl groups is 1. The lowest BCUT2D eigenvalue weighted by molar-refractivity contribution is 0.274. The summed E-state index contributed by atoms with van der Waals surface area (Å²) in [5, 5.41) is 10.7. The van der Waals surface area contributed by atoms with Crippen molar-refractivity contribution in [2.75, 3.05) is 14.2 Å². The van der Waals surface area contributed by atoms with Crippen molar-refractivity contribution >= 4 is 20.2 Å². The zero-order valence-electron chi connectivity index (χ0n) is 15.3. The van der Waals surface area contributed by atoms with Gasteiger partial charge in [0.25, 0.3) is 0 Å². The fraction of sp³-hybridized carbons (Fsp3) is 0.647. The van der Waals surface area contributed by atoms with Crippen LogP contribution in [0.4, 0.5) is 0 Å². The molecule has 23 heavy (non-hydrogen) atoms. The van der Waals surface area contributed by atoms with Crippen molar-refractivity contribution in [2.45, 2.75) is 57.4 Å². The van der Waals surface area contributed by atoms with E-state index in [0.29, 0.717) is 5.56 Å². The average molecular weight is 360 g/mol. The van der Waals surface area contributed by atoms with Crippen LogP contribution in [0.1, 0.15) is 63.2 Å². The quantitative estimate of drug-likeness (QED) is 0.557. The summed E-state index contributed by atoms with van der Waals surface area (Å²) in [4.78, 5) is -0.722. The molecule has 1 aromatic rings. The summed E-state index contributed by atoms with van der Waals surface area (Å²) < 4.78 is 22.8. The second-order valence-electron chi connectivity index (χ2n) is 7.74. The van der Waals surface area contributed by atoms with Crippen LogP contribution in [0.3, 0.4) is 0 Å². The molecule has 0 bridgehead atoms. The Kier molecular flexibility index (Phi) is 6.07. The molecular formula is C17H29O4PS. The summed E-state index contributed by atoms with van der Waals surface area (Å²) in [6, 6.07) is 3.68. The molecule has 0 aliphatic carbocycles. The van der Waals surface area contributed by atoms with Gasteiger partial charge in [-0.15, -0.1) is 0 Å². The molecule has 0 radical (unpaired) electrons. The van der Waals surface area contributed by atoms with E-state index in [0.717, 1.165) is 11.1 Å². The highest BCUT2D eigenvalue weighted by atomic mass is 32.1. The zero-order valence-corrected chi connectivity index (χ0v) is 17.1. The van der Waals surface area contributed by atoms with E-state index >= 15 is 0 Å². The molecule has 1 unspecified atom stereocenters. The number of phenolic OH excluding ortho intramolecular Hbond substituents is 1. The smallest absolute Gasteiger partial charge is 0.347 e. The number of phenols is 1. The maximum atomic E-state index is 12.7. The normalized spacial score (nSPS) is 14.8. The fourth-order valence-electron chi connectivity index (χ4n) is 2.41. The minimum absolute atomic E-state index is 0.266. The second kappa shape index (κ2) is 6.79. The summed E-state index contributed by atoms with van der Waals surface area (Å²) in [6.45, 7) is 12.2. The van der Waals surface area contributed by atoms with Crippen LogP contribution in [0.25, 0.3) is 0 Å². The first-order chi connectivity index (χ1) is 10.3. The molecule has 0 aliphatic heterocycles. The van der Waals surface area contributed by atoms with Crippen LogP contribution < -0.4 is 0 Å². The lowest BCUT2D eigenvalue weighted by Gasteiger charge is -2.30. The van der Waals surface area contributed by atoms with Gasteiger partial charge in [0.15, 0.2) is 0 Å². The Morgan fingerprint density at radius 1 is 1.00 bits per heavy atom. The zero-order chi connectivity index (χ0) is 18.2. The Balaban J connectivity index is 3.67. The summed E-state index contributed by atoms with van der Waals surface area (Å²) in [7, 11) is -0.670. The van der Waals surface area contributed by atoms with Crippen molar-refractivity contribution in [3.63, 3.8) is 0 Å². The van der Waals surface area contributed by atoms with Gasteiger partial charge in [0.05, 0.1) is 0 Å². The van der Waals surface area contributed by atoms with Crippen molar-refractivity contribution in [2.24, 2.45) is 0 Å². The van der Waals surface area contributed by atoms with Crippen LogP contribution in [0.15, 0.2) is 12.1 Å². The third kappa shape index (κ3) is 4.33. The van der Waals surface area contributed by atoms with E-state index in [1.807, 2.05) is 53.7 Å². The Morgan fingerprint density at radius 2 is 1.35 bits per heavy atom. The van der Waals surface area contributed by atoms with Gasteiger partial charge in [-0.2, -0.15) is 12.6 Å². The lowest BCUT2D eigenvalue weighted by atomic mass is 9.78. The third-order valence-electron chi connectivity index (χ3n) is 3.85. The first-order valence-electron chi connectivity index (χ1n) is 7.55. The van der Waals surface area contributed by atoms with E-state index < -0.39 is 12.6 Å². The van der Waals surface area contributed by atoms with E-state index in [-0.39, 0.29) is 16.6 Å². The van der Waals surface area contributed by atoms with Crippen molar-refractivity contribution in [3.8, 4) is 5.75 Å². The standard InChI is InChI=1S/C17H29O4PS/c1-16(2,3)12-9-11(15(23)22(19,20-7)21-8)10-13(14(12)18)17(4,5)6/h9-10,15,18,23H,1-8H3. The molecule has 0 aromatic heterocycles. The van der Waals surface area contributed by atoms with Crippen LogP contribution in [0, 0.1) is 0 Å². The monoisotopic (exact) mass is 360 g/mol. The number of benzene rings is 1. The topological polar surface area (TPSA) is 55.8 Å². The molecule has 0 spiro atoms. The van der Waals surface area contributed by atoms with Gasteiger partial charge in [0, 0.05) is 14.2 Å². The lowest BCUT2D eigenvalue weighted by Crippen LogP contribution is -2.18. The predicted molar refractivity (Wildman–Crippen MR) is 98.9 cm³/mol. The van der Waals surface area contributed by atoms with Gasteiger partial charge in [-0.1, -0.05) is 41.5 Å². The molecule has 1 N–H and O–H groups in total. The molecule has 0 heterocycles. The number of hydrogen-bond acceptors (Lipinski definition) is 5.